The van der Waals surface area contributed by atoms with Crippen LogP contribution in [0.3, 0.4) is 0 Å². The maximum Gasteiger partial charge on any atom is 0.409 e. The molecule has 1 amide bonds. The quantitative estimate of drug-likeness (QED) is 0.666. The van der Waals surface area contributed by atoms with E-state index in [-0.39, 0.29) is 23.8 Å². The normalized spacial score (nSPS) is 16.2. The summed E-state index contributed by atoms with van der Waals surface area (Å²) in [5.41, 5.74) is 0.858. The number of aryl methyl sites for hydroxylation is 1. The first-order valence-corrected chi connectivity index (χ1v) is 10.8. The Labute approximate surface area is 177 Å². The molecule has 1 aliphatic heterocycles. The summed E-state index contributed by atoms with van der Waals surface area (Å²) in [4.78, 5) is 21.7. The topological polar surface area (TPSA) is 83.2 Å². The predicted molar refractivity (Wildman–Crippen MR) is 110 cm³/mol. The zero-order valence-corrected chi connectivity index (χ0v) is 17.7. The van der Waals surface area contributed by atoms with E-state index in [1.807, 2.05) is 6.92 Å². The van der Waals surface area contributed by atoms with E-state index < -0.39 is 0 Å². The molecule has 1 aromatic carbocycles. The molecule has 0 saturated carbocycles. The van der Waals surface area contributed by atoms with Crippen molar-refractivity contribution in [2.45, 2.75) is 26.3 Å². The highest BCUT2D eigenvalue weighted by molar-refractivity contribution is 7.17. The molecule has 2 aromatic heterocycles. The van der Waals surface area contributed by atoms with Gasteiger partial charge in [-0.1, -0.05) is 30.4 Å². The Kier molecular flexibility index (Phi) is 5.87. The Morgan fingerprint density at radius 3 is 2.53 bits per heavy atom. The Morgan fingerprint density at radius 1 is 1.23 bits per heavy atom. The van der Waals surface area contributed by atoms with Crippen molar-refractivity contribution in [3.05, 3.63) is 46.3 Å². The van der Waals surface area contributed by atoms with Crippen molar-refractivity contribution in [3.8, 4) is 5.88 Å². The summed E-state index contributed by atoms with van der Waals surface area (Å²) >= 11 is 1.37. The number of carbonyl (C=O) groups is 1. The molecular weight excluding hydrogens is 409 g/mol. The number of fused-ring (bicyclic) bond motifs is 1. The average Bonchev–Trinajstić information content (AvgIpc) is 3.29. The third-order valence-electron chi connectivity index (χ3n) is 5.20. The highest BCUT2D eigenvalue weighted by atomic mass is 32.1. The fourth-order valence-electron chi connectivity index (χ4n) is 3.67. The number of rotatable bonds is 5. The van der Waals surface area contributed by atoms with E-state index in [9.17, 15) is 14.3 Å². The first kappa shape index (κ1) is 20.5. The number of hydrogen-bond acceptors (Lipinski definition) is 7. The number of benzene rings is 1. The molecule has 3 aromatic rings. The minimum absolute atomic E-state index is 0.0457. The van der Waals surface area contributed by atoms with Crippen molar-refractivity contribution in [2.24, 2.45) is 0 Å². The summed E-state index contributed by atoms with van der Waals surface area (Å²) in [6, 6.07) is 5.99. The lowest BCUT2D eigenvalue weighted by Gasteiger charge is -2.38. The van der Waals surface area contributed by atoms with Crippen LogP contribution in [-0.4, -0.2) is 68.4 Å². The number of aromatic hydroxyl groups is 1. The van der Waals surface area contributed by atoms with Gasteiger partial charge in [-0.25, -0.2) is 14.2 Å². The van der Waals surface area contributed by atoms with E-state index in [2.05, 4.69) is 15.0 Å². The summed E-state index contributed by atoms with van der Waals surface area (Å²) in [5, 5.41) is 15.3. The van der Waals surface area contributed by atoms with Gasteiger partial charge in [-0.2, -0.15) is 4.52 Å². The summed E-state index contributed by atoms with van der Waals surface area (Å²) in [6.45, 7) is 6.29. The van der Waals surface area contributed by atoms with Crippen molar-refractivity contribution in [1.82, 2.24) is 24.4 Å². The highest BCUT2D eigenvalue weighted by Crippen LogP contribution is 2.40. The summed E-state index contributed by atoms with van der Waals surface area (Å²) in [6.07, 6.45) is 0.365. The summed E-state index contributed by atoms with van der Waals surface area (Å²) in [5.74, 6) is 0.401. The van der Waals surface area contributed by atoms with Gasteiger partial charge in [0.25, 0.3) is 0 Å². The second-order valence-corrected chi connectivity index (χ2v) is 8.05. The number of piperazine rings is 1. The zero-order valence-electron chi connectivity index (χ0n) is 16.9. The molecule has 30 heavy (non-hydrogen) atoms. The number of ether oxygens (including phenoxy) is 1. The summed E-state index contributed by atoms with van der Waals surface area (Å²) < 4.78 is 20.1. The van der Waals surface area contributed by atoms with E-state index in [1.165, 1.54) is 28.0 Å². The van der Waals surface area contributed by atoms with Gasteiger partial charge in [-0.15, -0.1) is 5.10 Å². The van der Waals surface area contributed by atoms with Gasteiger partial charge in [0, 0.05) is 32.6 Å². The molecule has 4 rings (SSSR count). The lowest BCUT2D eigenvalue weighted by Crippen LogP contribution is -2.49. The molecule has 10 heteroatoms. The lowest BCUT2D eigenvalue weighted by atomic mass is 10.0. The number of thiazole rings is 1. The second kappa shape index (κ2) is 8.57. The molecule has 0 aliphatic carbocycles. The highest BCUT2D eigenvalue weighted by Gasteiger charge is 2.33. The number of carbonyl (C=O) groups excluding carboxylic acids is 1. The van der Waals surface area contributed by atoms with Crippen LogP contribution in [0.15, 0.2) is 24.3 Å². The number of nitrogens with zero attached hydrogens (tertiary/aromatic N) is 5. The standard InChI is InChI=1S/C20H24FN5O3S/c1-3-15-22-19-26(23-15)18(27)17(30-19)16(13-5-7-14(21)8-6-13)24-9-11-25(12-10-24)20(28)29-4-2/h5-8,16,27H,3-4,9-12H2,1-2H3. The van der Waals surface area contributed by atoms with Crippen LogP contribution < -0.4 is 0 Å². The van der Waals surface area contributed by atoms with Gasteiger partial charge < -0.3 is 14.7 Å². The van der Waals surface area contributed by atoms with Crippen LogP contribution in [0.2, 0.25) is 0 Å². The Balaban J connectivity index is 1.66. The number of amides is 1. The SMILES string of the molecule is CCOC(=O)N1CCN(C(c2ccc(F)cc2)c2sc3nc(CC)nn3c2O)CC1. The molecule has 160 valence electrons. The molecule has 0 radical (unpaired) electrons. The Bertz CT molecular complexity index is 1030. The van der Waals surface area contributed by atoms with E-state index in [0.717, 1.165) is 5.56 Å². The number of aromatic nitrogens is 3. The second-order valence-electron chi connectivity index (χ2n) is 7.04. The van der Waals surface area contributed by atoms with Crippen LogP contribution in [0.25, 0.3) is 4.96 Å². The van der Waals surface area contributed by atoms with E-state index in [1.54, 1.807) is 24.0 Å². The van der Waals surface area contributed by atoms with Crippen molar-refractivity contribution >= 4 is 22.4 Å². The van der Waals surface area contributed by atoms with Gasteiger partial charge in [0.2, 0.25) is 10.8 Å². The molecule has 8 nitrogen and oxygen atoms in total. The van der Waals surface area contributed by atoms with Crippen LogP contribution in [0.1, 0.15) is 36.2 Å². The lowest BCUT2D eigenvalue weighted by molar-refractivity contribution is 0.0715. The van der Waals surface area contributed by atoms with Gasteiger partial charge in [0.1, 0.15) is 5.82 Å². The van der Waals surface area contributed by atoms with Crippen LogP contribution in [0.4, 0.5) is 9.18 Å². The third-order valence-corrected chi connectivity index (χ3v) is 6.27. The van der Waals surface area contributed by atoms with Crippen LogP contribution in [0.5, 0.6) is 5.88 Å². The molecule has 1 unspecified atom stereocenters. The molecule has 1 N–H and O–H groups in total. The average molecular weight is 434 g/mol. The first-order valence-electron chi connectivity index (χ1n) is 10.00. The molecule has 1 aliphatic rings. The van der Waals surface area contributed by atoms with Gasteiger partial charge in [0.05, 0.1) is 17.5 Å². The van der Waals surface area contributed by atoms with E-state index in [4.69, 9.17) is 4.74 Å². The molecule has 1 fully saturated rings. The fraction of sp³-hybridized carbons (Fsp3) is 0.450. The van der Waals surface area contributed by atoms with Crippen molar-refractivity contribution in [3.63, 3.8) is 0 Å². The third kappa shape index (κ3) is 3.84. The molecule has 1 saturated heterocycles. The molecule has 0 spiro atoms. The van der Waals surface area contributed by atoms with E-state index in [0.29, 0.717) is 54.9 Å². The molecule has 0 bridgehead atoms. The predicted octanol–water partition coefficient (Wildman–Crippen LogP) is 3.06. The molecule has 1 atom stereocenters. The Morgan fingerprint density at radius 2 is 1.93 bits per heavy atom. The number of halogens is 1. The van der Waals surface area contributed by atoms with E-state index >= 15 is 0 Å². The van der Waals surface area contributed by atoms with Crippen molar-refractivity contribution in [1.29, 1.82) is 0 Å². The maximum atomic E-state index is 13.5. The smallest absolute Gasteiger partial charge is 0.409 e. The monoisotopic (exact) mass is 433 g/mol. The maximum absolute atomic E-state index is 13.5. The first-order chi connectivity index (χ1) is 14.5. The van der Waals surface area contributed by atoms with Crippen LogP contribution in [-0.2, 0) is 11.2 Å². The summed E-state index contributed by atoms with van der Waals surface area (Å²) in [7, 11) is 0. The molecular formula is C20H24FN5O3S. The van der Waals surface area contributed by atoms with Gasteiger partial charge in [-0.05, 0) is 24.6 Å². The minimum atomic E-state index is -0.316. The molecule has 3 heterocycles. The number of hydrogen-bond donors (Lipinski definition) is 1. The van der Waals surface area contributed by atoms with Crippen molar-refractivity contribution in [2.75, 3.05) is 32.8 Å². The van der Waals surface area contributed by atoms with Gasteiger partial charge >= 0.3 is 6.09 Å². The van der Waals surface area contributed by atoms with Crippen LogP contribution in [0, 0.1) is 5.82 Å². The van der Waals surface area contributed by atoms with Gasteiger partial charge in [-0.3, -0.25) is 4.90 Å². The zero-order chi connectivity index (χ0) is 21.3. The minimum Gasteiger partial charge on any atom is -0.492 e. The Hall–Kier alpha value is -2.72. The fourth-order valence-corrected chi connectivity index (χ4v) is 4.81. The van der Waals surface area contributed by atoms with Crippen LogP contribution >= 0.6 is 11.3 Å². The van der Waals surface area contributed by atoms with Gasteiger partial charge in [0.15, 0.2) is 5.82 Å². The largest absolute Gasteiger partial charge is 0.492 e. The van der Waals surface area contributed by atoms with Crippen molar-refractivity contribution < 1.29 is 19.0 Å².